The number of nitrogens with one attached hydrogen (secondary N) is 1. The van der Waals surface area contributed by atoms with Gasteiger partial charge in [0, 0.05) is 17.2 Å². The van der Waals surface area contributed by atoms with Crippen molar-refractivity contribution in [1.29, 1.82) is 0 Å². The Morgan fingerprint density at radius 3 is 2.94 bits per heavy atom. The van der Waals surface area contributed by atoms with Gasteiger partial charge < -0.3 is 11.1 Å². The van der Waals surface area contributed by atoms with Crippen LogP contribution in [-0.4, -0.2) is 17.4 Å². The van der Waals surface area contributed by atoms with Crippen LogP contribution in [0.15, 0.2) is 16.7 Å². The number of amides is 1. The van der Waals surface area contributed by atoms with E-state index in [0.29, 0.717) is 21.3 Å². The molecule has 0 aromatic carbocycles. The summed E-state index contributed by atoms with van der Waals surface area (Å²) in [4.78, 5) is 15.9. The van der Waals surface area contributed by atoms with Crippen molar-refractivity contribution in [3.05, 3.63) is 22.3 Å². The number of hydrogen-bond donors (Lipinski definition) is 2. The van der Waals surface area contributed by atoms with Crippen LogP contribution >= 0.6 is 15.9 Å². The lowest BCUT2D eigenvalue weighted by molar-refractivity contribution is 0.0943. The number of nitrogens with two attached hydrogens (primary N) is 1. The molecule has 3 N–H and O–H groups in total. The van der Waals surface area contributed by atoms with E-state index in [9.17, 15) is 4.79 Å². The summed E-state index contributed by atoms with van der Waals surface area (Å²) in [6, 6.07) is 1.59. The highest BCUT2D eigenvalue weighted by Crippen LogP contribution is 2.47. The van der Waals surface area contributed by atoms with E-state index in [1.54, 1.807) is 12.3 Å². The van der Waals surface area contributed by atoms with E-state index in [4.69, 9.17) is 5.73 Å². The Hall–Kier alpha value is -1.10. The van der Waals surface area contributed by atoms with Crippen LogP contribution in [0.4, 0.5) is 5.82 Å². The van der Waals surface area contributed by atoms with Gasteiger partial charge in [0.05, 0.1) is 5.56 Å². The Morgan fingerprint density at radius 1 is 1.65 bits per heavy atom. The number of anilines is 1. The second-order valence-corrected chi connectivity index (χ2v) is 5.48. The van der Waals surface area contributed by atoms with Gasteiger partial charge in [0.1, 0.15) is 5.82 Å². The molecule has 1 heterocycles. The molecule has 2 rings (SSSR count). The van der Waals surface area contributed by atoms with Gasteiger partial charge in [-0.1, -0.05) is 6.92 Å². The molecule has 1 aromatic heterocycles. The summed E-state index contributed by atoms with van der Waals surface area (Å²) in [5.41, 5.74) is 6.47. The highest BCUT2D eigenvalue weighted by Gasteiger charge is 2.40. The number of carbonyl (C=O) groups is 1. The molecule has 1 amide bonds. The normalized spacial score (nSPS) is 16.6. The topological polar surface area (TPSA) is 68.0 Å². The molecule has 0 bridgehead atoms. The third-order valence-corrected chi connectivity index (χ3v) is 4.08. The number of nitrogen functional groups attached to an aromatic ring is 1. The van der Waals surface area contributed by atoms with E-state index in [1.807, 2.05) is 0 Å². The molecule has 0 radical (unpaired) electrons. The van der Waals surface area contributed by atoms with Crippen molar-refractivity contribution >= 4 is 27.7 Å². The number of hydrogen-bond acceptors (Lipinski definition) is 3. The molecule has 1 aromatic rings. The molecule has 0 atom stereocenters. The predicted octanol–water partition coefficient (Wildman–Crippen LogP) is 2.35. The molecule has 5 heteroatoms. The zero-order valence-corrected chi connectivity index (χ0v) is 11.4. The summed E-state index contributed by atoms with van der Waals surface area (Å²) in [6.45, 7) is 2.91. The lowest BCUT2D eigenvalue weighted by Crippen LogP contribution is -2.30. The number of pyridine rings is 1. The van der Waals surface area contributed by atoms with Crippen molar-refractivity contribution in [3.8, 4) is 0 Å². The molecule has 92 valence electrons. The van der Waals surface area contributed by atoms with Gasteiger partial charge in [0.25, 0.3) is 5.91 Å². The molecule has 1 aliphatic rings. The third-order valence-electron chi connectivity index (χ3n) is 3.45. The van der Waals surface area contributed by atoms with Crippen LogP contribution in [0.3, 0.4) is 0 Å². The first-order chi connectivity index (χ1) is 8.06. The van der Waals surface area contributed by atoms with Crippen LogP contribution in [0.1, 0.15) is 36.5 Å². The first-order valence-electron chi connectivity index (χ1n) is 5.75. The third kappa shape index (κ3) is 2.77. The fraction of sp³-hybridized carbons (Fsp3) is 0.500. The average Bonchev–Trinajstić information content (AvgIpc) is 3.10. The Morgan fingerprint density at radius 2 is 2.35 bits per heavy atom. The highest BCUT2D eigenvalue weighted by molar-refractivity contribution is 9.10. The largest absolute Gasteiger partial charge is 0.384 e. The van der Waals surface area contributed by atoms with Gasteiger partial charge in [-0.2, -0.15) is 0 Å². The summed E-state index contributed by atoms with van der Waals surface area (Å²) >= 11 is 3.31. The monoisotopic (exact) mass is 297 g/mol. The van der Waals surface area contributed by atoms with Crippen LogP contribution in [0.5, 0.6) is 0 Å². The Kier molecular flexibility index (Phi) is 3.38. The van der Waals surface area contributed by atoms with E-state index in [-0.39, 0.29) is 5.91 Å². The van der Waals surface area contributed by atoms with Crippen LogP contribution in [-0.2, 0) is 0 Å². The lowest BCUT2D eigenvalue weighted by Gasteiger charge is -2.14. The van der Waals surface area contributed by atoms with Crippen LogP contribution in [0, 0.1) is 5.41 Å². The fourth-order valence-corrected chi connectivity index (χ4v) is 2.22. The van der Waals surface area contributed by atoms with Crippen LogP contribution in [0.25, 0.3) is 0 Å². The van der Waals surface area contributed by atoms with Gasteiger partial charge in [-0.15, -0.1) is 0 Å². The first-order valence-corrected chi connectivity index (χ1v) is 6.55. The Bertz CT molecular complexity index is 443. The van der Waals surface area contributed by atoms with E-state index in [1.165, 1.54) is 12.8 Å². The molecule has 0 unspecified atom stereocenters. The lowest BCUT2D eigenvalue weighted by atomic mass is 10.0. The minimum absolute atomic E-state index is 0.0919. The van der Waals surface area contributed by atoms with Gasteiger partial charge in [-0.25, -0.2) is 4.98 Å². The molecule has 0 aliphatic heterocycles. The van der Waals surface area contributed by atoms with E-state index in [2.05, 4.69) is 33.2 Å². The number of carbonyl (C=O) groups excluding carboxylic acids is 1. The van der Waals surface area contributed by atoms with Gasteiger partial charge in [0.15, 0.2) is 0 Å². The Balaban J connectivity index is 2.02. The molecule has 1 saturated carbocycles. The molecule has 17 heavy (non-hydrogen) atoms. The smallest absolute Gasteiger partial charge is 0.252 e. The number of aromatic nitrogens is 1. The van der Waals surface area contributed by atoms with Crippen molar-refractivity contribution < 1.29 is 4.79 Å². The zero-order valence-electron chi connectivity index (χ0n) is 9.79. The molecule has 1 fully saturated rings. The SMILES string of the molecule is CCC1(CNC(=O)c2cc(N)ncc2Br)CC1. The second-order valence-electron chi connectivity index (χ2n) is 4.63. The molecular formula is C12H16BrN3O. The maximum Gasteiger partial charge on any atom is 0.252 e. The van der Waals surface area contributed by atoms with Crippen molar-refractivity contribution in [2.45, 2.75) is 26.2 Å². The summed E-state index contributed by atoms with van der Waals surface area (Å²) < 4.78 is 0.672. The summed E-state index contributed by atoms with van der Waals surface area (Å²) in [7, 11) is 0. The maximum absolute atomic E-state index is 12.0. The number of rotatable bonds is 4. The van der Waals surface area contributed by atoms with Crippen molar-refractivity contribution in [3.63, 3.8) is 0 Å². The number of halogens is 1. The zero-order chi connectivity index (χ0) is 12.5. The van der Waals surface area contributed by atoms with Crippen molar-refractivity contribution in [2.75, 3.05) is 12.3 Å². The molecular weight excluding hydrogens is 282 g/mol. The predicted molar refractivity (Wildman–Crippen MR) is 70.6 cm³/mol. The maximum atomic E-state index is 12.0. The first kappa shape index (κ1) is 12.4. The minimum Gasteiger partial charge on any atom is -0.384 e. The quantitative estimate of drug-likeness (QED) is 0.896. The number of nitrogens with zero attached hydrogens (tertiary/aromatic N) is 1. The van der Waals surface area contributed by atoms with Crippen LogP contribution in [0.2, 0.25) is 0 Å². The molecule has 4 nitrogen and oxygen atoms in total. The van der Waals surface area contributed by atoms with Gasteiger partial charge in [0.2, 0.25) is 0 Å². The second kappa shape index (κ2) is 4.64. The van der Waals surface area contributed by atoms with Gasteiger partial charge >= 0.3 is 0 Å². The van der Waals surface area contributed by atoms with Gasteiger partial charge in [-0.3, -0.25) is 4.79 Å². The summed E-state index contributed by atoms with van der Waals surface area (Å²) in [6.07, 6.45) is 5.09. The van der Waals surface area contributed by atoms with Crippen molar-refractivity contribution in [1.82, 2.24) is 10.3 Å². The summed E-state index contributed by atoms with van der Waals surface area (Å²) in [5.74, 6) is 0.265. The van der Waals surface area contributed by atoms with E-state index < -0.39 is 0 Å². The molecule has 0 saturated heterocycles. The van der Waals surface area contributed by atoms with Gasteiger partial charge in [-0.05, 0) is 46.7 Å². The standard InChI is InChI=1S/C12H16BrN3O/c1-2-12(3-4-12)7-16-11(17)8-5-10(14)15-6-9(8)13/h5-6H,2-4,7H2,1H3,(H2,14,15)(H,16,17). The van der Waals surface area contributed by atoms with E-state index >= 15 is 0 Å². The van der Waals surface area contributed by atoms with Crippen LogP contribution < -0.4 is 11.1 Å². The summed E-state index contributed by atoms with van der Waals surface area (Å²) in [5, 5.41) is 2.97. The molecule has 0 spiro atoms. The molecule has 1 aliphatic carbocycles. The Labute approximate surface area is 109 Å². The van der Waals surface area contributed by atoms with Crippen molar-refractivity contribution in [2.24, 2.45) is 5.41 Å². The van der Waals surface area contributed by atoms with E-state index in [0.717, 1.165) is 13.0 Å². The minimum atomic E-state index is -0.0919. The average molecular weight is 298 g/mol. The highest BCUT2D eigenvalue weighted by atomic mass is 79.9. The fourth-order valence-electron chi connectivity index (χ4n) is 1.82.